The molecule has 7 nitrogen and oxygen atoms in total. The standard InChI is InChI=1S/C14H17N3O4S/c1-14(2,22(18,19)10-4-5-10)13-16-12(17-21-13)9-6-7-15-11(8-9)20-3/h6-8,10H,4-5H2,1-3H3. The second kappa shape index (κ2) is 5.05. The van der Waals surface area contributed by atoms with Crippen molar-refractivity contribution in [1.29, 1.82) is 0 Å². The van der Waals surface area contributed by atoms with Crippen molar-refractivity contribution >= 4 is 9.84 Å². The molecular formula is C14H17N3O4S. The Kier molecular flexibility index (Phi) is 3.43. The number of pyridine rings is 1. The summed E-state index contributed by atoms with van der Waals surface area (Å²) in [6, 6.07) is 3.37. The van der Waals surface area contributed by atoms with Crippen LogP contribution in [0.4, 0.5) is 0 Å². The zero-order valence-corrected chi connectivity index (χ0v) is 13.4. The summed E-state index contributed by atoms with van der Waals surface area (Å²) in [5.74, 6) is 0.841. The normalized spacial score (nSPS) is 15.8. The van der Waals surface area contributed by atoms with E-state index in [9.17, 15) is 8.42 Å². The third-order valence-electron chi connectivity index (χ3n) is 3.82. The van der Waals surface area contributed by atoms with Gasteiger partial charge in [0.15, 0.2) is 9.84 Å². The Balaban J connectivity index is 1.96. The first-order valence-electron chi connectivity index (χ1n) is 6.94. The number of hydrogen-bond acceptors (Lipinski definition) is 7. The number of rotatable bonds is 5. The smallest absolute Gasteiger partial charge is 0.247 e. The first-order chi connectivity index (χ1) is 10.4. The van der Waals surface area contributed by atoms with E-state index in [4.69, 9.17) is 9.26 Å². The van der Waals surface area contributed by atoms with Crippen LogP contribution in [0.15, 0.2) is 22.9 Å². The van der Waals surface area contributed by atoms with Crippen molar-refractivity contribution in [2.45, 2.75) is 36.7 Å². The highest BCUT2D eigenvalue weighted by atomic mass is 32.2. The van der Waals surface area contributed by atoms with Gasteiger partial charge in [-0.2, -0.15) is 4.98 Å². The van der Waals surface area contributed by atoms with Crippen LogP contribution in [-0.4, -0.2) is 35.9 Å². The van der Waals surface area contributed by atoms with Crippen LogP contribution in [0.2, 0.25) is 0 Å². The summed E-state index contributed by atoms with van der Waals surface area (Å²) in [5.41, 5.74) is 0.654. The number of nitrogens with zero attached hydrogens (tertiary/aromatic N) is 3. The van der Waals surface area contributed by atoms with Crippen LogP contribution in [0.3, 0.4) is 0 Å². The molecule has 0 N–H and O–H groups in total. The molecule has 0 aliphatic heterocycles. The molecule has 1 aliphatic rings. The average Bonchev–Trinajstić information content (AvgIpc) is 3.24. The van der Waals surface area contributed by atoms with Crippen LogP contribution in [0, 0.1) is 0 Å². The van der Waals surface area contributed by atoms with Gasteiger partial charge in [0.2, 0.25) is 17.6 Å². The molecule has 1 saturated carbocycles. The Hall–Kier alpha value is -1.96. The Bertz CT molecular complexity index is 794. The van der Waals surface area contributed by atoms with Gasteiger partial charge in [0.25, 0.3) is 0 Å². The topological polar surface area (TPSA) is 95.2 Å². The highest BCUT2D eigenvalue weighted by Gasteiger charge is 2.50. The third kappa shape index (κ3) is 2.37. The number of hydrogen-bond donors (Lipinski definition) is 0. The minimum Gasteiger partial charge on any atom is -0.481 e. The van der Waals surface area contributed by atoms with E-state index in [0.717, 1.165) is 0 Å². The van der Waals surface area contributed by atoms with Gasteiger partial charge in [0.05, 0.1) is 12.4 Å². The number of sulfone groups is 1. The summed E-state index contributed by atoms with van der Waals surface area (Å²) in [4.78, 5) is 8.27. The second-order valence-electron chi connectivity index (χ2n) is 5.76. The van der Waals surface area contributed by atoms with Gasteiger partial charge >= 0.3 is 0 Å². The summed E-state index contributed by atoms with van der Waals surface area (Å²) < 4.78 is 34.1. The lowest BCUT2D eigenvalue weighted by atomic mass is 10.2. The highest BCUT2D eigenvalue weighted by Crippen LogP contribution is 2.41. The number of methoxy groups -OCH3 is 1. The molecule has 2 aromatic rings. The molecule has 0 spiro atoms. The monoisotopic (exact) mass is 323 g/mol. The SMILES string of the molecule is COc1cc(-c2noc(C(C)(C)S(=O)(=O)C3CC3)n2)ccn1. The molecule has 2 aromatic heterocycles. The summed E-state index contributed by atoms with van der Waals surface area (Å²) in [5, 5.41) is 3.59. The maximum atomic E-state index is 12.5. The quantitative estimate of drug-likeness (QED) is 0.829. The molecule has 0 bridgehead atoms. The molecule has 1 aliphatic carbocycles. The fourth-order valence-electron chi connectivity index (χ4n) is 2.16. The van der Waals surface area contributed by atoms with E-state index < -0.39 is 14.6 Å². The molecule has 8 heteroatoms. The molecule has 2 heterocycles. The van der Waals surface area contributed by atoms with E-state index in [0.29, 0.717) is 30.1 Å². The Labute approximate surface area is 128 Å². The zero-order chi connectivity index (χ0) is 16.0. The molecule has 1 fully saturated rings. The lowest BCUT2D eigenvalue weighted by Gasteiger charge is -2.19. The van der Waals surface area contributed by atoms with Crippen molar-refractivity contribution in [3.05, 3.63) is 24.2 Å². The van der Waals surface area contributed by atoms with E-state index in [1.165, 1.54) is 7.11 Å². The van der Waals surface area contributed by atoms with Crippen LogP contribution in [0.25, 0.3) is 11.4 Å². The minimum atomic E-state index is -3.33. The van der Waals surface area contributed by atoms with Crippen LogP contribution < -0.4 is 4.74 Å². The fourth-order valence-corrected chi connectivity index (χ4v) is 4.08. The van der Waals surface area contributed by atoms with Gasteiger partial charge in [0.1, 0.15) is 4.75 Å². The summed E-state index contributed by atoms with van der Waals surface area (Å²) in [7, 11) is -1.82. The van der Waals surface area contributed by atoms with E-state index in [2.05, 4.69) is 15.1 Å². The third-order valence-corrected chi connectivity index (χ3v) is 6.76. The van der Waals surface area contributed by atoms with Gasteiger partial charge in [-0.15, -0.1) is 0 Å². The highest BCUT2D eigenvalue weighted by molar-refractivity contribution is 7.93. The van der Waals surface area contributed by atoms with Gasteiger partial charge in [-0.1, -0.05) is 5.16 Å². The van der Waals surface area contributed by atoms with Crippen molar-refractivity contribution in [3.8, 4) is 17.3 Å². The van der Waals surface area contributed by atoms with Crippen LogP contribution in [0.5, 0.6) is 5.88 Å². The molecular weight excluding hydrogens is 306 g/mol. The van der Waals surface area contributed by atoms with Gasteiger partial charge < -0.3 is 9.26 Å². The van der Waals surface area contributed by atoms with Crippen LogP contribution in [-0.2, 0) is 14.6 Å². The van der Waals surface area contributed by atoms with Crippen molar-refractivity contribution < 1.29 is 17.7 Å². The largest absolute Gasteiger partial charge is 0.481 e. The predicted octanol–water partition coefficient (Wildman–Crippen LogP) is 1.95. The molecule has 0 aromatic carbocycles. The molecule has 0 amide bonds. The van der Waals surface area contributed by atoms with Gasteiger partial charge in [-0.25, -0.2) is 13.4 Å². The zero-order valence-electron chi connectivity index (χ0n) is 12.6. The number of ether oxygens (including phenoxy) is 1. The van der Waals surface area contributed by atoms with E-state index in [-0.39, 0.29) is 11.1 Å². The molecule has 118 valence electrons. The van der Waals surface area contributed by atoms with Crippen LogP contribution >= 0.6 is 0 Å². The molecule has 0 unspecified atom stereocenters. The maximum Gasteiger partial charge on any atom is 0.247 e. The molecule has 22 heavy (non-hydrogen) atoms. The summed E-state index contributed by atoms with van der Waals surface area (Å²) in [6.45, 7) is 3.20. The van der Waals surface area contributed by atoms with Crippen molar-refractivity contribution in [3.63, 3.8) is 0 Å². The lowest BCUT2D eigenvalue weighted by Crippen LogP contribution is -2.32. The number of aromatic nitrogens is 3. The molecule has 0 atom stereocenters. The summed E-state index contributed by atoms with van der Waals surface area (Å²) >= 11 is 0. The van der Waals surface area contributed by atoms with E-state index >= 15 is 0 Å². The molecule has 3 rings (SSSR count). The summed E-state index contributed by atoms with van der Waals surface area (Å²) in [6.07, 6.45) is 2.97. The maximum absolute atomic E-state index is 12.5. The predicted molar refractivity (Wildman–Crippen MR) is 79.0 cm³/mol. The first-order valence-corrected chi connectivity index (χ1v) is 8.49. The molecule has 0 saturated heterocycles. The lowest BCUT2D eigenvalue weighted by molar-refractivity contribution is 0.347. The van der Waals surface area contributed by atoms with E-state index in [1.54, 1.807) is 32.2 Å². The Morgan fingerprint density at radius 1 is 1.36 bits per heavy atom. The van der Waals surface area contributed by atoms with Crippen molar-refractivity contribution in [2.24, 2.45) is 0 Å². The van der Waals surface area contributed by atoms with Crippen LogP contribution in [0.1, 0.15) is 32.6 Å². The average molecular weight is 323 g/mol. The molecule has 0 radical (unpaired) electrons. The fraction of sp³-hybridized carbons (Fsp3) is 0.500. The minimum absolute atomic E-state index is 0.102. The van der Waals surface area contributed by atoms with Gasteiger partial charge in [-0.05, 0) is 32.8 Å². The van der Waals surface area contributed by atoms with E-state index in [1.807, 2.05) is 0 Å². The van der Waals surface area contributed by atoms with Gasteiger partial charge in [0, 0.05) is 17.8 Å². The second-order valence-corrected chi connectivity index (χ2v) is 8.54. The van der Waals surface area contributed by atoms with Gasteiger partial charge in [-0.3, -0.25) is 0 Å². The Morgan fingerprint density at radius 2 is 2.09 bits per heavy atom. The Morgan fingerprint density at radius 3 is 2.73 bits per heavy atom. The van der Waals surface area contributed by atoms with Crippen molar-refractivity contribution in [1.82, 2.24) is 15.1 Å². The van der Waals surface area contributed by atoms with Crippen molar-refractivity contribution in [2.75, 3.05) is 7.11 Å². The first kappa shape index (κ1) is 15.0.